The Morgan fingerprint density at radius 3 is 2.85 bits per heavy atom. The highest BCUT2D eigenvalue weighted by molar-refractivity contribution is 5.72. The molecule has 2 aromatic rings. The van der Waals surface area contributed by atoms with Crippen molar-refractivity contribution in [1.82, 2.24) is 4.90 Å². The van der Waals surface area contributed by atoms with Crippen LogP contribution >= 0.6 is 0 Å². The van der Waals surface area contributed by atoms with Crippen molar-refractivity contribution < 1.29 is 9.21 Å². The van der Waals surface area contributed by atoms with Crippen LogP contribution in [0.1, 0.15) is 31.0 Å². The Bertz CT molecular complexity index is 564. The highest BCUT2D eigenvalue weighted by atomic mass is 16.3. The molecule has 1 aromatic heterocycles. The number of carbonyl (C=O) groups excluding carboxylic acids is 1. The van der Waals surface area contributed by atoms with Gasteiger partial charge in [0.05, 0.1) is 18.6 Å². The molecule has 1 amide bonds. The normalized spacial score (nSPS) is 11.9. The molecule has 1 aromatic carbocycles. The predicted molar refractivity (Wildman–Crippen MR) is 79.3 cm³/mol. The van der Waals surface area contributed by atoms with Crippen LogP contribution < -0.4 is 5.32 Å². The Hall–Kier alpha value is -2.23. The molecule has 0 aliphatic rings. The van der Waals surface area contributed by atoms with E-state index in [4.69, 9.17) is 4.42 Å². The maximum Gasteiger partial charge on any atom is 0.219 e. The minimum absolute atomic E-state index is 0.0649. The third kappa shape index (κ3) is 3.63. The standard InChI is InChI=1S/C16H20N2O2/c1-12(15-7-8-20-11-15)17-16-6-4-5-14(9-16)10-18(3)13(2)19/h4-9,11-12,17H,10H2,1-3H3. The molecule has 4 nitrogen and oxygen atoms in total. The molecule has 1 unspecified atom stereocenters. The molecule has 106 valence electrons. The molecule has 4 heteroatoms. The fraction of sp³-hybridized carbons (Fsp3) is 0.312. The number of benzene rings is 1. The molecule has 0 saturated carbocycles. The van der Waals surface area contributed by atoms with Crippen LogP contribution in [0.15, 0.2) is 47.3 Å². The summed E-state index contributed by atoms with van der Waals surface area (Å²) < 4.78 is 5.09. The molecule has 0 radical (unpaired) electrons. The zero-order valence-corrected chi connectivity index (χ0v) is 12.1. The first-order chi connectivity index (χ1) is 9.56. The van der Waals surface area contributed by atoms with Gasteiger partial charge in [0.2, 0.25) is 5.91 Å². The first-order valence-corrected chi connectivity index (χ1v) is 6.65. The van der Waals surface area contributed by atoms with Gasteiger partial charge in [0, 0.05) is 31.8 Å². The molecule has 1 N–H and O–H groups in total. The van der Waals surface area contributed by atoms with Gasteiger partial charge in [-0.1, -0.05) is 12.1 Å². The van der Waals surface area contributed by atoms with Crippen LogP contribution in [0.3, 0.4) is 0 Å². The summed E-state index contributed by atoms with van der Waals surface area (Å²) in [5, 5.41) is 3.42. The number of furan rings is 1. The van der Waals surface area contributed by atoms with E-state index in [2.05, 4.69) is 18.3 Å². The molecule has 0 aliphatic heterocycles. The van der Waals surface area contributed by atoms with Gasteiger partial charge in [-0.2, -0.15) is 0 Å². The van der Waals surface area contributed by atoms with E-state index in [9.17, 15) is 4.79 Å². The summed E-state index contributed by atoms with van der Waals surface area (Å²) >= 11 is 0. The van der Waals surface area contributed by atoms with Crippen molar-refractivity contribution >= 4 is 11.6 Å². The van der Waals surface area contributed by atoms with E-state index in [-0.39, 0.29) is 11.9 Å². The SMILES string of the molecule is CC(=O)N(C)Cc1cccc(NC(C)c2ccoc2)c1. The maximum atomic E-state index is 11.3. The van der Waals surface area contributed by atoms with Gasteiger partial charge in [-0.05, 0) is 30.7 Å². The van der Waals surface area contributed by atoms with E-state index in [0.717, 1.165) is 16.8 Å². The highest BCUT2D eigenvalue weighted by Gasteiger charge is 2.08. The van der Waals surface area contributed by atoms with Crippen molar-refractivity contribution in [3.05, 3.63) is 54.0 Å². The fourth-order valence-corrected chi connectivity index (χ4v) is 2.00. The Balaban J connectivity index is 2.04. The molecule has 0 fully saturated rings. The van der Waals surface area contributed by atoms with Gasteiger partial charge >= 0.3 is 0 Å². The maximum absolute atomic E-state index is 11.3. The topological polar surface area (TPSA) is 45.5 Å². The lowest BCUT2D eigenvalue weighted by atomic mass is 10.1. The molecule has 0 saturated heterocycles. The van der Waals surface area contributed by atoms with Gasteiger partial charge < -0.3 is 14.6 Å². The molecule has 20 heavy (non-hydrogen) atoms. The fourth-order valence-electron chi connectivity index (χ4n) is 2.00. The lowest BCUT2D eigenvalue weighted by Gasteiger charge is -2.17. The highest BCUT2D eigenvalue weighted by Crippen LogP contribution is 2.20. The van der Waals surface area contributed by atoms with Crippen molar-refractivity contribution in [3.63, 3.8) is 0 Å². The zero-order valence-electron chi connectivity index (χ0n) is 12.1. The average Bonchev–Trinajstić information content (AvgIpc) is 2.92. The Morgan fingerprint density at radius 1 is 1.40 bits per heavy atom. The van der Waals surface area contributed by atoms with Crippen LogP contribution in [0.5, 0.6) is 0 Å². The van der Waals surface area contributed by atoms with Gasteiger partial charge in [-0.15, -0.1) is 0 Å². The lowest BCUT2D eigenvalue weighted by molar-refractivity contribution is -0.128. The minimum Gasteiger partial charge on any atom is -0.472 e. The summed E-state index contributed by atoms with van der Waals surface area (Å²) in [6, 6.07) is 10.2. The Labute approximate surface area is 119 Å². The molecule has 0 aliphatic carbocycles. The molecule has 0 spiro atoms. The van der Waals surface area contributed by atoms with Crippen molar-refractivity contribution in [2.75, 3.05) is 12.4 Å². The predicted octanol–water partition coefficient (Wildman–Crippen LogP) is 3.43. The summed E-state index contributed by atoms with van der Waals surface area (Å²) in [5.74, 6) is 0.0649. The van der Waals surface area contributed by atoms with E-state index in [1.807, 2.05) is 24.3 Å². The van der Waals surface area contributed by atoms with Gasteiger partial charge in [0.15, 0.2) is 0 Å². The second kappa shape index (κ2) is 6.28. The van der Waals surface area contributed by atoms with Crippen LogP contribution in [0.25, 0.3) is 0 Å². The summed E-state index contributed by atoms with van der Waals surface area (Å²) in [4.78, 5) is 13.0. The zero-order chi connectivity index (χ0) is 14.5. The third-order valence-corrected chi connectivity index (χ3v) is 3.31. The molecule has 1 atom stereocenters. The first kappa shape index (κ1) is 14.2. The van der Waals surface area contributed by atoms with E-state index in [1.54, 1.807) is 31.4 Å². The summed E-state index contributed by atoms with van der Waals surface area (Å²) in [7, 11) is 1.80. The second-order valence-electron chi connectivity index (χ2n) is 5.00. The number of hydrogen-bond acceptors (Lipinski definition) is 3. The summed E-state index contributed by atoms with van der Waals surface area (Å²) in [5.41, 5.74) is 3.25. The van der Waals surface area contributed by atoms with Crippen molar-refractivity contribution in [1.29, 1.82) is 0 Å². The lowest BCUT2D eigenvalue weighted by Crippen LogP contribution is -2.23. The van der Waals surface area contributed by atoms with E-state index < -0.39 is 0 Å². The Morgan fingerprint density at radius 2 is 2.20 bits per heavy atom. The van der Waals surface area contributed by atoms with Crippen molar-refractivity contribution in [2.45, 2.75) is 26.4 Å². The molecule has 0 bridgehead atoms. The van der Waals surface area contributed by atoms with Crippen LogP contribution in [0.4, 0.5) is 5.69 Å². The van der Waals surface area contributed by atoms with Gasteiger partial charge in [0.1, 0.15) is 0 Å². The number of anilines is 1. The third-order valence-electron chi connectivity index (χ3n) is 3.31. The smallest absolute Gasteiger partial charge is 0.219 e. The minimum atomic E-state index is 0.0649. The molecule has 1 heterocycles. The summed E-state index contributed by atoms with van der Waals surface area (Å²) in [6.07, 6.45) is 3.41. The number of hydrogen-bond donors (Lipinski definition) is 1. The van der Waals surface area contributed by atoms with Crippen molar-refractivity contribution in [3.8, 4) is 0 Å². The second-order valence-corrected chi connectivity index (χ2v) is 5.00. The number of carbonyl (C=O) groups is 1. The van der Waals surface area contributed by atoms with Crippen LogP contribution in [-0.4, -0.2) is 17.9 Å². The average molecular weight is 272 g/mol. The van der Waals surface area contributed by atoms with Gasteiger partial charge in [0.25, 0.3) is 0 Å². The molecular formula is C16H20N2O2. The van der Waals surface area contributed by atoms with Crippen molar-refractivity contribution in [2.24, 2.45) is 0 Å². The van der Waals surface area contributed by atoms with E-state index in [1.165, 1.54) is 0 Å². The van der Waals surface area contributed by atoms with Gasteiger partial charge in [-0.25, -0.2) is 0 Å². The molecule has 2 rings (SSSR count). The number of nitrogens with zero attached hydrogens (tertiary/aromatic N) is 1. The quantitative estimate of drug-likeness (QED) is 0.907. The number of nitrogens with one attached hydrogen (secondary N) is 1. The summed E-state index contributed by atoms with van der Waals surface area (Å²) in [6.45, 7) is 4.27. The van der Waals surface area contributed by atoms with E-state index in [0.29, 0.717) is 6.54 Å². The number of rotatable bonds is 5. The monoisotopic (exact) mass is 272 g/mol. The van der Waals surface area contributed by atoms with Crippen LogP contribution in [-0.2, 0) is 11.3 Å². The first-order valence-electron chi connectivity index (χ1n) is 6.65. The van der Waals surface area contributed by atoms with E-state index >= 15 is 0 Å². The number of amides is 1. The largest absolute Gasteiger partial charge is 0.472 e. The van der Waals surface area contributed by atoms with Crippen LogP contribution in [0, 0.1) is 0 Å². The Kier molecular flexibility index (Phi) is 4.45. The van der Waals surface area contributed by atoms with Gasteiger partial charge in [-0.3, -0.25) is 4.79 Å². The van der Waals surface area contributed by atoms with Crippen LogP contribution in [0.2, 0.25) is 0 Å². The molecular weight excluding hydrogens is 252 g/mol.